The maximum absolute atomic E-state index is 12.3. The molecule has 3 fully saturated rings. The molecule has 2 saturated heterocycles. The second kappa shape index (κ2) is 2.57. The number of nitrogens with one attached hydrogen (secondary N) is 1. The van der Waals surface area contributed by atoms with Gasteiger partial charge in [-0.1, -0.05) is 0 Å². The molecule has 12 heavy (non-hydrogen) atoms. The zero-order valence-electron chi connectivity index (χ0n) is 6.47. The van der Waals surface area contributed by atoms with Gasteiger partial charge in [0.2, 0.25) is 0 Å². The zero-order chi connectivity index (χ0) is 8.11. The third-order valence-electron chi connectivity index (χ3n) is 2.86. The van der Waals surface area contributed by atoms with E-state index in [1.165, 1.54) is 0 Å². The van der Waals surface area contributed by atoms with E-state index in [1.807, 2.05) is 0 Å². The molecule has 70 valence electrons. The number of aliphatic carboxylic acids is 1. The molecule has 0 aromatic heterocycles. The molecule has 0 aromatic rings. The van der Waals surface area contributed by atoms with Gasteiger partial charge in [0.05, 0.1) is 5.41 Å². The number of fused-ring (bicyclic) bond motifs is 1. The Kier molecular flexibility index (Phi) is 2.08. The normalized spacial score (nSPS) is 43.1. The summed E-state index contributed by atoms with van der Waals surface area (Å²) in [6.07, 6.45) is 0.928. The molecule has 0 radical (unpaired) electrons. The highest BCUT2D eigenvalue weighted by molar-refractivity contribution is 5.85. The van der Waals surface area contributed by atoms with Crippen LogP contribution < -0.4 is 5.32 Å². The van der Waals surface area contributed by atoms with E-state index in [2.05, 4.69) is 5.32 Å². The maximum Gasteiger partial charge on any atom is 0.311 e. The van der Waals surface area contributed by atoms with Gasteiger partial charge in [0.1, 0.15) is 6.67 Å². The Labute approximate surface area is 75.7 Å². The maximum atomic E-state index is 12.3. The highest BCUT2D eigenvalue weighted by Crippen LogP contribution is 2.54. The van der Waals surface area contributed by atoms with Crippen LogP contribution in [-0.2, 0) is 4.79 Å². The van der Waals surface area contributed by atoms with Gasteiger partial charge in [-0.05, 0) is 12.8 Å². The number of carboxylic acids is 1. The standard InChI is InChI=1S/C7H10FNO2.ClH/c8-3-7-1-6(2-7,4-9-7)5(10)11;/h9H,1-4H2,(H,10,11);1H. The predicted octanol–water partition coefficient (Wildman–Crippen LogP) is 0.585. The number of alkyl halides is 1. The smallest absolute Gasteiger partial charge is 0.311 e. The number of hydrogen-bond donors (Lipinski definition) is 2. The first kappa shape index (κ1) is 9.74. The van der Waals surface area contributed by atoms with Crippen molar-refractivity contribution < 1.29 is 14.3 Å². The second-order valence-corrected chi connectivity index (χ2v) is 3.71. The molecular weight excluding hydrogens is 185 g/mol. The van der Waals surface area contributed by atoms with E-state index in [9.17, 15) is 9.18 Å². The molecule has 0 atom stereocenters. The number of hydrogen-bond acceptors (Lipinski definition) is 2. The summed E-state index contributed by atoms with van der Waals surface area (Å²) < 4.78 is 12.3. The van der Waals surface area contributed by atoms with Gasteiger partial charge in [-0.3, -0.25) is 4.79 Å². The Morgan fingerprint density at radius 1 is 1.58 bits per heavy atom. The lowest BCUT2D eigenvalue weighted by atomic mass is 9.62. The molecule has 0 amide bonds. The van der Waals surface area contributed by atoms with Crippen molar-refractivity contribution >= 4 is 18.4 Å². The average Bonchev–Trinajstić information content (AvgIpc) is 2.39. The van der Waals surface area contributed by atoms with Crippen LogP contribution in [0.15, 0.2) is 0 Å². The fraction of sp³-hybridized carbons (Fsp3) is 0.857. The van der Waals surface area contributed by atoms with Crippen LogP contribution >= 0.6 is 12.4 Å². The molecular formula is C7H11ClFNO2. The van der Waals surface area contributed by atoms with Crippen LogP contribution in [0.25, 0.3) is 0 Å². The van der Waals surface area contributed by atoms with Crippen molar-refractivity contribution in [2.24, 2.45) is 5.41 Å². The summed E-state index contributed by atoms with van der Waals surface area (Å²) >= 11 is 0. The third-order valence-corrected chi connectivity index (χ3v) is 2.86. The molecule has 2 N–H and O–H groups in total. The minimum absolute atomic E-state index is 0. The van der Waals surface area contributed by atoms with E-state index in [4.69, 9.17) is 5.11 Å². The lowest BCUT2D eigenvalue weighted by molar-refractivity contribution is -0.153. The lowest BCUT2D eigenvalue weighted by Gasteiger charge is -2.41. The number of carbonyl (C=O) groups is 1. The van der Waals surface area contributed by atoms with Crippen molar-refractivity contribution in [3.63, 3.8) is 0 Å². The summed E-state index contributed by atoms with van der Waals surface area (Å²) in [5, 5.41) is 11.7. The largest absolute Gasteiger partial charge is 0.481 e. The minimum atomic E-state index is -0.786. The van der Waals surface area contributed by atoms with Gasteiger partial charge in [-0.2, -0.15) is 0 Å². The van der Waals surface area contributed by atoms with E-state index in [1.54, 1.807) is 0 Å². The summed E-state index contributed by atoms with van der Waals surface area (Å²) in [4.78, 5) is 10.7. The van der Waals surface area contributed by atoms with Crippen molar-refractivity contribution in [3.05, 3.63) is 0 Å². The first-order valence-corrected chi connectivity index (χ1v) is 3.67. The van der Waals surface area contributed by atoms with Crippen LogP contribution in [0.2, 0.25) is 0 Å². The third kappa shape index (κ3) is 0.944. The lowest BCUT2D eigenvalue weighted by Crippen LogP contribution is -2.52. The highest BCUT2D eigenvalue weighted by atomic mass is 35.5. The molecule has 3 rings (SSSR count). The van der Waals surface area contributed by atoms with Crippen LogP contribution in [0.4, 0.5) is 4.39 Å². The predicted molar refractivity (Wildman–Crippen MR) is 43.3 cm³/mol. The zero-order valence-corrected chi connectivity index (χ0v) is 7.29. The van der Waals surface area contributed by atoms with Crippen molar-refractivity contribution in [3.8, 4) is 0 Å². The SMILES string of the molecule is Cl.O=C(O)C12CNC(CF)(C1)C2. The van der Waals surface area contributed by atoms with Crippen LogP contribution in [0.3, 0.4) is 0 Å². The van der Waals surface area contributed by atoms with Crippen LogP contribution in [0.5, 0.6) is 0 Å². The minimum Gasteiger partial charge on any atom is -0.481 e. The molecule has 2 aliphatic heterocycles. The Hall–Kier alpha value is -0.350. The fourth-order valence-electron chi connectivity index (χ4n) is 2.22. The second-order valence-electron chi connectivity index (χ2n) is 3.71. The van der Waals surface area contributed by atoms with Crippen LogP contribution in [0, 0.1) is 5.41 Å². The van der Waals surface area contributed by atoms with E-state index in [0.717, 1.165) is 0 Å². The first-order chi connectivity index (χ1) is 5.13. The van der Waals surface area contributed by atoms with Gasteiger partial charge in [-0.15, -0.1) is 12.4 Å². The summed E-state index contributed by atoms with van der Waals surface area (Å²) in [7, 11) is 0. The Morgan fingerprint density at radius 2 is 2.17 bits per heavy atom. The molecule has 0 unspecified atom stereocenters. The Bertz CT molecular complexity index is 215. The average molecular weight is 196 g/mol. The van der Waals surface area contributed by atoms with Crippen molar-refractivity contribution in [2.75, 3.05) is 13.2 Å². The molecule has 1 aliphatic carbocycles. The van der Waals surface area contributed by atoms with Crippen molar-refractivity contribution in [1.82, 2.24) is 5.32 Å². The molecule has 1 saturated carbocycles. The summed E-state index contributed by atoms with van der Waals surface area (Å²) in [5.41, 5.74) is -1.11. The van der Waals surface area contributed by atoms with E-state index >= 15 is 0 Å². The highest BCUT2D eigenvalue weighted by Gasteiger charge is 2.64. The van der Waals surface area contributed by atoms with Crippen molar-refractivity contribution in [2.45, 2.75) is 18.4 Å². The number of carboxylic acid groups (broad SMARTS) is 1. The first-order valence-electron chi connectivity index (χ1n) is 3.67. The number of rotatable bonds is 2. The monoisotopic (exact) mass is 195 g/mol. The van der Waals surface area contributed by atoms with Crippen LogP contribution in [-0.4, -0.2) is 29.8 Å². The van der Waals surface area contributed by atoms with Gasteiger partial charge in [0.15, 0.2) is 0 Å². The number of halogens is 2. The van der Waals surface area contributed by atoms with E-state index < -0.39 is 23.6 Å². The Morgan fingerprint density at radius 3 is 2.42 bits per heavy atom. The molecule has 2 heterocycles. The van der Waals surface area contributed by atoms with Gasteiger partial charge in [-0.25, -0.2) is 4.39 Å². The molecule has 2 bridgehead atoms. The van der Waals surface area contributed by atoms with Crippen molar-refractivity contribution in [1.29, 1.82) is 0 Å². The summed E-state index contributed by atoms with van der Waals surface area (Å²) in [6, 6.07) is 0. The molecule has 5 heteroatoms. The summed E-state index contributed by atoms with van der Waals surface area (Å²) in [5.74, 6) is -0.786. The molecule has 0 spiro atoms. The molecule has 0 aromatic carbocycles. The fourth-order valence-corrected chi connectivity index (χ4v) is 2.22. The van der Waals surface area contributed by atoms with Crippen LogP contribution in [0.1, 0.15) is 12.8 Å². The van der Waals surface area contributed by atoms with Gasteiger partial charge >= 0.3 is 5.97 Å². The molecule has 3 nitrogen and oxygen atoms in total. The van der Waals surface area contributed by atoms with Gasteiger partial charge in [0, 0.05) is 12.1 Å². The molecule has 3 aliphatic rings. The summed E-state index contributed by atoms with van der Waals surface area (Å²) in [6.45, 7) is -0.00567. The Balaban J connectivity index is 0.000000720. The van der Waals surface area contributed by atoms with E-state index in [-0.39, 0.29) is 12.4 Å². The van der Waals surface area contributed by atoms with Gasteiger partial charge in [0.25, 0.3) is 0 Å². The quantitative estimate of drug-likeness (QED) is 0.678. The topological polar surface area (TPSA) is 49.3 Å². The van der Waals surface area contributed by atoms with Gasteiger partial charge < -0.3 is 10.4 Å². The van der Waals surface area contributed by atoms with E-state index in [0.29, 0.717) is 19.4 Å².